The molecule has 3 aromatic carbocycles. The van der Waals surface area contributed by atoms with Gasteiger partial charge in [0, 0.05) is 0 Å². The summed E-state index contributed by atoms with van der Waals surface area (Å²) in [5.41, 5.74) is 0. The maximum absolute atomic E-state index is 6.57. The van der Waals surface area contributed by atoms with Crippen molar-refractivity contribution in [1.29, 1.82) is 0 Å². The molecule has 0 amide bonds. The van der Waals surface area contributed by atoms with Gasteiger partial charge in [-0.3, -0.25) is 0 Å². The molecule has 0 aliphatic carbocycles. The molecule has 208 valence electrons. The van der Waals surface area contributed by atoms with Crippen LogP contribution in [0.2, 0.25) is 0 Å². The van der Waals surface area contributed by atoms with E-state index in [-0.39, 0.29) is 18.3 Å². The Kier molecular flexibility index (Phi) is 12.5. The van der Waals surface area contributed by atoms with Gasteiger partial charge in [-0.15, -0.1) is 0 Å². The molecule has 0 fully saturated rings. The fourth-order valence-electron chi connectivity index (χ4n) is 3.05. The Labute approximate surface area is 229 Å². The average Bonchev–Trinajstić information content (AvgIpc) is 2.84. The predicted octanol–water partition coefficient (Wildman–Crippen LogP) is 8.95. The van der Waals surface area contributed by atoms with E-state index >= 15 is 0 Å². The molecule has 38 heavy (non-hydrogen) atoms. The van der Waals surface area contributed by atoms with Crippen LogP contribution in [0.4, 0.5) is 0 Å². The van der Waals surface area contributed by atoms with Crippen molar-refractivity contribution >= 4 is 24.7 Å². The Morgan fingerprint density at radius 2 is 1.21 bits per heavy atom. The van der Waals surface area contributed by atoms with Crippen molar-refractivity contribution < 1.29 is 27.1 Å². The number of hydrogen-bond donors (Lipinski definition) is 1. The topological polar surface area (TPSA) is 79.8 Å². The van der Waals surface area contributed by atoms with Crippen molar-refractivity contribution in [3.63, 3.8) is 0 Å². The molecule has 1 N–H and O–H groups in total. The molecule has 3 rings (SSSR count). The van der Waals surface area contributed by atoms with Gasteiger partial charge in [-0.05, 0) is 0 Å². The quantitative estimate of drug-likeness (QED) is 0.180. The second-order valence-corrected chi connectivity index (χ2v) is 14.3. The molecule has 0 radical (unpaired) electrons. The second-order valence-electron chi connectivity index (χ2n) is 9.05. The van der Waals surface area contributed by atoms with E-state index in [2.05, 4.69) is 4.86 Å². The average molecular weight is 581 g/mol. The number of hydrogen-bond acceptors (Lipinski definition) is 8. The molecule has 0 bridgehead atoms. The first-order valence-corrected chi connectivity index (χ1v) is 16.8. The van der Waals surface area contributed by atoms with Crippen LogP contribution in [0.1, 0.15) is 41.5 Å². The van der Waals surface area contributed by atoms with E-state index in [9.17, 15) is 0 Å². The van der Waals surface area contributed by atoms with Crippen LogP contribution < -0.4 is 18.4 Å². The fraction of sp³-hybridized carbons (Fsp3) is 0.333. The number of nitrogens with zero attached hydrogens (tertiary/aromatic N) is 1. The van der Waals surface area contributed by atoms with E-state index in [1.54, 1.807) is 0 Å². The summed E-state index contributed by atoms with van der Waals surface area (Å²) in [4.78, 5) is 3.43. The summed E-state index contributed by atoms with van der Waals surface area (Å²) in [5, 5.41) is 0. The van der Waals surface area contributed by atoms with E-state index in [1.807, 2.05) is 133 Å². The third-order valence-corrected chi connectivity index (χ3v) is 11.5. The van der Waals surface area contributed by atoms with E-state index in [4.69, 9.17) is 31.7 Å². The molecule has 2 unspecified atom stereocenters. The third-order valence-electron chi connectivity index (χ3n) is 4.39. The molecular weight excluding hydrogens is 541 g/mol. The van der Waals surface area contributed by atoms with E-state index in [1.165, 1.54) is 0 Å². The van der Waals surface area contributed by atoms with Crippen LogP contribution >= 0.6 is 24.7 Å². The number of para-hydroxylation sites is 3. The van der Waals surface area contributed by atoms with Gasteiger partial charge in [0.1, 0.15) is 0 Å². The number of rotatable bonds is 15. The minimum atomic E-state index is -3.72. The summed E-state index contributed by atoms with van der Waals surface area (Å²) in [6, 6.07) is 28.4. The molecular formula is C27H39N2O6P3. The van der Waals surface area contributed by atoms with Crippen molar-refractivity contribution in [3.05, 3.63) is 91.0 Å². The molecule has 8 nitrogen and oxygen atoms in total. The van der Waals surface area contributed by atoms with E-state index < -0.39 is 24.7 Å². The molecule has 0 aliphatic heterocycles. The van der Waals surface area contributed by atoms with Crippen LogP contribution in [-0.2, 0) is 13.6 Å². The number of nitrogens with one attached hydrogen (secondary N) is 1. The van der Waals surface area contributed by atoms with Crippen molar-refractivity contribution in [2.45, 2.75) is 59.9 Å². The summed E-state index contributed by atoms with van der Waals surface area (Å²) in [7, 11) is -7.73. The molecule has 2 atom stereocenters. The zero-order chi connectivity index (χ0) is 27.4. The zero-order valence-electron chi connectivity index (χ0n) is 22.7. The summed E-state index contributed by atoms with van der Waals surface area (Å²) < 4.78 is 43.0. The molecule has 11 heteroatoms. The first-order valence-electron chi connectivity index (χ1n) is 12.6. The molecule has 0 aliphatic rings. The molecule has 0 saturated heterocycles. The molecule has 3 aromatic rings. The summed E-state index contributed by atoms with van der Waals surface area (Å²) >= 11 is 0. The van der Waals surface area contributed by atoms with Crippen molar-refractivity contribution in [2.75, 3.05) is 0 Å². The van der Waals surface area contributed by atoms with E-state index in [0.717, 1.165) is 0 Å². The van der Waals surface area contributed by atoms with Crippen LogP contribution in [0.5, 0.6) is 17.2 Å². The van der Waals surface area contributed by atoms with E-state index in [0.29, 0.717) is 17.2 Å². The first kappa shape index (κ1) is 30.5. The fourth-order valence-corrected chi connectivity index (χ4v) is 9.83. The molecule has 0 spiro atoms. The monoisotopic (exact) mass is 580 g/mol. The van der Waals surface area contributed by atoms with Gasteiger partial charge in [0.25, 0.3) is 0 Å². The normalized spacial score (nSPS) is 14.0. The molecule has 0 heterocycles. The van der Waals surface area contributed by atoms with Crippen LogP contribution in [0, 0.1) is 0 Å². The van der Waals surface area contributed by atoms with Gasteiger partial charge in [0.2, 0.25) is 0 Å². The predicted molar refractivity (Wildman–Crippen MR) is 159 cm³/mol. The minimum absolute atomic E-state index is 0.128. The van der Waals surface area contributed by atoms with Gasteiger partial charge in [0.15, 0.2) is 0 Å². The third kappa shape index (κ3) is 11.0. The van der Waals surface area contributed by atoms with Gasteiger partial charge >= 0.3 is 229 Å². The van der Waals surface area contributed by atoms with Crippen molar-refractivity contribution in [1.82, 2.24) is 4.86 Å². The number of benzene rings is 3. The standard InChI is InChI=1S/C27H39N2O6P3/c1-22(2)30-36(32-25-16-10-7-11-17-25)28-38(34-24(5)6,35-27-20-14-9-15-21-27)29-37(31-23(3)4)33-26-18-12-8-13-19-26/h7-24,28,37-38H,1-6H3. The first-order chi connectivity index (χ1) is 18.2. The van der Waals surface area contributed by atoms with Crippen LogP contribution in [-0.4, -0.2) is 18.3 Å². The Morgan fingerprint density at radius 1 is 0.684 bits per heavy atom. The molecule has 0 aromatic heterocycles. The molecule has 0 saturated carbocycles. The Hall–Kier alpha value is -2.01. The maximum atomic E-state index is 6.57. The Balaban J connectivity index is 2.08. The Bertz CT molecular complexity index is 1110. The summed E-state index contributed by atoms with van der Waals surface area (Å²) in [5.74, 6) is 1.91. The van der Waals surface area contributed by atoms with Gasteiger partial charge in [-0.25, -0.2) is 0 Å². The SMILES string of the molecule is CC(C)OP(N[PH](N=[PH](Oc1ccccc1)OC(C)C)(Oc1ccccc1)OC(C)C)Oc1ccccc1. The van der Waals surface area contributed by atoms with Gasteiger partial charge in [-0.2, -0.15) is 0 Å². The Morgan fingerprint density at radius 3 is 1.71 bits per heavy atom. The van der Waals surface area contributed by atoms with Crippen LogP contribution in [0.15, 0.2) is 95.5 Å². The van der Waals surface area contributed by atoms with Gasteiger partial charge in [0.05, 0.1) is 0 Å². The van der Waals surface area contributed by atoms with Gasteiger partial charge < -0.3 is 0 Å². The zero-order valence-corrected chi connectivity index (χ0v) is 25.6. The summed E-state index contributed by atoms with van der Waals surface area (Å²) in [6.45, 7) is 11.7. The second kappa shape index (κ2) is 15.5. The van der Waals surface area contributed by atoms with Crippen molar-refractivity contribution in [3.8, 4) is 17.2 Å². The van der Waals surface area contributed by atoms with Crippen molar-refractivity contribution in [2.24, 2.45) is 4.52 Å². The van der Waals surface area contributed by atoms with Crippen LogP contribution in [0.25, 0.3) is 0 Å². The summed E-state index contributed by atoms with van der Waals surface area (Å²) in [6.07, 6.45) is -0.488. The van der Waals surface area contributed by atoms with Crippen LogP contribution in [0.3, 0.4) is 0 Å². The van der Waals surface area contributed by atoms with Gasteiger partial charge in [-0.1, -0.05) is 0 Å².